The van der Waals surface area contributed by atoms with Crippen LogP contribution in [-0.2, 0) is 4.74 Å². The maximum Gasteiger partial charge on any atom is 0.177 e. The van der Waals surface area contributed by atoms with Gasteiger partial charge in [0.15, 0.2) is 5.65 Å². The number of imidazole rings is 1. The number of nitrogens with zero attached hydrogens (tertiary/aromatic N) is 4. The molecule has 2 aromatic heterocycles. The molecule has 0 unspecified atom stereocenters. The molecule has 5 nitrogen and oxygen atoms in total. The minimum absolute atomic E-state index is 0.785. The van der Waals surface area contributed by atoms with E-state index in [2.05, 4.69) is 15.0 Å². The van der Waals surface area contributed by atoms with Crippen LogP contribution in [0.2, 0.25) is 0 Å². The Balaban J connectivity index is 0.000000510. The highest BCUT2D eigenvalue weighted by molar-refractivity contribution is 5.69. The monoisotopic (exact) mass is 292 g/mol. The predicted octanol–water partition coefficient (Wildman–Crippen LogP) is 3.24. The van der Waals surface area contributed by atoms with Crippen molar-refractivity contribution in [2.45, 2.75) is 41.5 Å². The minimum Gasteiger partial charge on any atom is -0.378 e. The summed E-state index contributed by atoms with van der Waals surface area (Å²) in [7, 11) is 0. The highest BCUT2D eigenvalue weighted by atomic mass is 16.5. The van der Waals surface area contributed by atoms with E-state index in [1.54, 1.807) is 0 Å². The number of ether oxygens (including phenoxy) is 1. The third-order valence-electron chi connectivity index (χ3n) is 3.31. The molecule has 21 heavy (non-hydrogen) atoms. The number of morpholine rings is 1. The number of anilines is 1. The van der Waals surface area contributed by atoms with Gasteiger partial charge in [-0.05, 0) is 19.9 Å². The Hall–Kier alpha value is -1.62. The Bertz CT molecular complexity index is 544. The first-order chi connectivity index (χ1) is 10.3. The average Bonchev–Trinajstić information content (AvgIpc) is 2.87. The maximum absolute atomic E-state index is 5.38. The molecule has 0 bridgehead atoms. The van der Waals surface area contributed by atoms with Gasteiger partial charge in [0.2, 0.25) is 0 Å². The van der Waals surface area contributed by atoms with Gasteiger partial charge < -0.3 is 9.64 Å². The van der Waals surface area contributed by atoms with Crippen LogP contribution in [0.15, 0.2) is 12.3 Å². The maximum atomic E-state index is 5.38. The predicted molar refractivity (Wildman–Crippen MR) is 88.2 cm³/mol. The molecule has 1 aliphatic heterocycles. The van der Waals surface area contributed by atoms with Crippen molar-refractivity contribution in [3.8, 4) is 0 Å². The van der Waals surface area contributed by atoms with Gasteiger partial charge in [0, 0.05) is 13.1 Å². The van der Waals surface area contributed by atoms with Crippen LogP contribution in [0.5, 0.6) is 0 Å². The summed E-state index contributed by atoms with van der Waals surface area (Å²) in [6.45, 7) is 15.5. The summed E-state index contributed by atoms with van der Waals surface area (Å²) in [6.07, 6.45) is 1.84. The second-order valence-corrected chi connectivity index (χ2v) is 4.33. The van der Waals surface area contributed by atoms with Gasteiger partial charge in [0.1, 0.15) is 0 Å². The summed E-state index contributed by atoms with van der Waals surface area (Å²) in [4.78, 5) is 6.92. The molecule has 1 fully saturated rings. The highest BCUT2D eigenvalue weighted by Crippen LogP contribution is 2.22. The van der Waals surface area contributed by atoms with Crippen LogP contribution in [0, 0.1) is 13.8 Å². The number of rotatable bonds is 1. The van der Waals surface area contributed by atoms with Crippen molar-refractivity contribution in [3.05, 3.63) is 23.7 Å². The van der Waals surface area contributed by atoms with E-state index < -0.39 is 0 Å². The first kappa shape index (κ1) is 17.4. The number of aromatic nitrogens is 3. The van der Waals surface area contributed by atoms with E-state index in [-0.39, 0.29) is 0 Å². The van der Waals surface area contributed by atoms with Crippen molar-refractivity contribution >= 4 is 11.3 Å². The molecule has 118 valence electrons. The standard InChI is InChI=1S/C12H16N4O.2C2H6/c1-9-10(2)16-12(14-9)11(3-4-13-16)15-5-7-17-8-6-15;2*1-2/h3-4H,5-8H2,1-2H3;2*1-2H3. The van der Waals surface area contributed by atoms with Crippen LogP contribution in [0.1, 0.15) is 39.1 Å². The van der Waals surface area contributed by atoms with Gasteiger partial charge >= 0.3 is 0 Å². The molecule has 3 rings (SSSR count). The topological polar surface area (TPSA) is 42.7 Å². The molecule has 2 aromatic rings. The van der Waals surface area contributed by atoms with Crippen LogP contribution >= 0.6 is 0 Å². The molecule has 0 amide bonds. The van der Waals surface area contributed by atoms with Gasteiger partial charge in [0.05, 0.1) is 36.5 Å². The Morgan fingerprint density at radius 2 is 1.67 bits per heavy atom. The van der Waals surface area contributed by atoms with E-state index in [1.807, 2.05) is 58.3 Å². The molecule has 0 saturated carbocycles. The van der Waals surface area contributed by atoms with Crippen LogP contribution in [0.25, 0.3) is 5.65 Å². The second kappa shape index (κ2) is 8.62. The fraction of sp³-hybridized carbons (Fsp3) is 0.625. The van der Waals surface area contributed by atoms with Crippen molar-refractivity contribution < 1.29 is 4.74 Å². The number of aryl methyl sites for hydroxylation is 2. The summed E-state index contributed by atoms with van der Waals surface area (Å²) >= 11 is 0. The van der Waals surface area contributed by atoms with E-state index in [9.17, 15) is 0 Å². The van der Waals surface area contributed by atoms with Crippen molar-refractivity contribution in [1.29, 1.82) is 0 Å². The summed E-state index contributed by atoms with van der Waals surface area (Å²) in [6, 6.07) is 2.03. The first-order valence-electron chi connectivity index (χ1n) is 7.91. The molecule has 0 radical (unpaired) electrons. The van der Waals surface area contributed by atoms with Gasteiger partial charge in [-0.25, -0.2) is 9.50 Å². The van der Waals surface area contributed by atoms with Crippen molar-refractivity contribution in [1.82, 2.24) is 14.6 Å². The van der Waals surface area contributed by atoms with Crippen LogP contribution in [0.3, 0.4) is 0 Å². The van der Waals surface area contributed by atoms with Gasteiger partial charge in [-0.15, -0.1) is 0 Å². The van der Waals surface area contributed by atoms with E-state index in [4.69, 9.17) is 4.74 Å². The molecule has 1 aliphatic rings. The Morgan fingerprint density at radius 3 is 2.29 bits per heavy atom. The van der Waals surface area contributed by atoms with E-state index in [1.165, 1.54) is 0 Å². The fourth-order valence-corrected chi connectivity index (χ4v) is 2.20. The molecule has 0 aliphatic carbocycles. The lowest BCUT2D eigenvalue weighted by molar-refractivity contribution is 0.123. The fourth-order valence-electron chi connectivity index (χ4n) is 2.20. The molecular formula is C16H28N4O. The molecule has 1 saturated heterocycles. The zero-order chi connectivity index (χ0) is 15.8. The number of hydrogen-bond donors (Lipinski definition) is 0. The quantitative estimate of drug-likeness (QED) is 0.809. The van der Waals surface area contributed by atoms with Gasteiger partial charge in [-0.2, -0.15) is 5.10 Å². The Morgan fingerprint density at radius 1 is 1.05 bits per heavy atom. The lowest BCUT2D eigenvalue weighted by Crippen LogP contribution is -2.36. The lowest BCUT2D eigenvalue weighted by atomic mass is 10.3. The molecule has 3 heterocycles. The van der Waals surface area contributed by atoms with Gasteiger partial charge in [0.25, 0.3) is 0 Å². The molecule has 0 aromatic carbocycles. The molecule has 0 spiro atoms. The minimum atomic E-state index is 0.785. The molecule has 0 N–H and O–H groups in total. The Labute approximate surface area is 127 Å². The van der Waals surface area contributed by atoms with Gasteiger partial charge in [-0.3, -0.25) is 0 Å². The van der Waals surface area contributed by atoms with Crippen molar-refractivity contribution in [2.75, 3.05) is 31.2 Å². The molecule has 0 atom stereocenters. The number of fused-ring (bicyclic) bond motifs is 1. The third-order valence-corrected chi connectivity index (χ3v) is 3.31. The van der Waals surface area contributed by atoms with Crippen LogP contribution in [0.4, 0.5) is 5.69 Å². The summed E-state index contributed by atoms with van der Waals surface area (Å²) in [5.41, 5.74) is 4.25. The van der Waals surface area contributed by atoms with E-state index in [0.29, 0.717) is 0 Å². The Kier molecular flexibility index (Phi) is 7.15. The average molecular weight is 292 g/mol. The normalized spacial score (nSPS) is 14.1. The summed E-state index contributed by atoms with van der Waals surface area (Å²) in [5.74, 6) is 0. The first-order valence-corrected chi connectivity index (χ1v) is 7.91. The van der Waals surface area contributed by atoms with Crippen LogP contribution < -0.4 is 4.90 Å². The summed E-state index contributed by atoms with van der Waals surface area (Å²) in [5, 5.41) is 4.35. The zero-order valence-corrected chi connectivity index (χ0v) is 14.2. The number of hydrogen-bond acceptors (Lipinski definition) is 4. The zero-order valence-electron chi connectivity index (χ0n) is 14.2. The van der Waals surface area contributed by atoms with Crippen molar-refractivity contribution in [2.24, 2.45) is 0 Å². The molecule has 5 heteroatoms. The van der Waals surface area contributed by atoms with Crippen molar-refractivity contribution in [3.63, 3.8) is 0 Å². The highest BCUT2D eigenvalue weighted by Gasteiger charge is 2.17. The summed E-state index contributed by atoms with van der Waals surface area (Å²) < 4.78 is 7.29. The smallest absolute Gasteiger partial charge is 0.177 e. The largest absolute Gasteiger partial charge is 0.378 e. The molecular weight excluding hydrogens is 264 g/mol. The van der Waals surface area contributed by atoms with Crippen LogP contribution in [-0.4, -0.2) is 40.9 Å². The van der Waals surface area contributed by atoms with E-state index in [0.717, 1.165) is 49.0 Å². The third kappa shape index (κ3) is 3.73. The van der Waals surface area contributed by atoms with E-state index >= 15 is 0 Å². The SMILES string of the molecule is CC.CC.Cc1nc2c(N3CCOCC3)ccnn2c1C. The second-order valence-electron chi connectivity index (χ2n) is 4.33. The lowest BCUT2D eigenvalue weighted by Gasteiger charge is -2.28. The van der Waals surface area contributed by atoms with Gasteiger partial charge in [-0.1, -0.05) is 27.7 Å².